The zero-order valence-corrected chi connectivity index (χ0v) is 16.2. The predicted molar refractivity (Wildman–Crippen MR) is 100 cm³/mol. The Labute approximate surface area is 131 Å². The van der Waals surface area contributed by atoms with Crippen LogP contribution in [0.4, 0.5) is 0 Å². The van der Waals surface area contributed by atoms with Gasteiger partial charge in [0.05, 0.1) is 0 Å². The standard InChI is InChI=1S/C19H42S/c1-7-10-11-12-13-14-15-16-18(4)17-20(6,9-3)19(5)8-2/h18-19H,7-17H2,1-6H3. The van der Waals surface area contributed by atoms with E-state index in [2.05, 4.69) is 40.9 Å². The monoisotopic (exact) mass is 302 g/mol. The van der Waals surface area contributed by atoms with Crippen molar-refractivity contribution in [2.75, 3.05) is 17.8 Å². The number of rotatable bonds is 13. The fourth-order valence-electron chi connectivity index (χ4n) is 3.15. The van der Waals surface area contributed by atoms with E-state index in [9.17, 15) is 0 Å². The van der Waals surface area contributed by atoms with Crippen molar-refractivity contribution >= 4 is 10.0 Å². The average Bonchev–Trinajstić information content (AvgIpc) is 2.45. The van der Waals surface area contributed by atoms with Gasteiger partial charge in [0.2, 0.25) is 0 Å². The number of hydrogen-bond donors (Lipinski definition) is 0. The van der Waals surface area contributed by atoms with E-state index in [1.807, 2.05) is 0 Å². The highest BCUT2D eigenvalue weighted by Crippen LogP contribution is 2.51. The molecule has 3 unspecified atom stereocenters. The minimum Gasteiger partial charge on any atom is -0.241 e. The van der Waals surface area contributed by atoms with Gasteiger partial charge in [-0.3, -0.25) is 0 Å². The van der Waals surface area contributed by atoms with Crippen LogP contribution >= 0.6 is 10.0 Å². The SMILES string of the molecule is CCCCCCCCCC(C)CS(C)(CC)C(C)CC. The topological polar surface area (TPSA) is 0 Å². The van der Waals surface area contributed by atoms with Crippen LogP contribution in [0.2, 0.25) is 0 Å². The summed E-state index contributed by atoms with van der Waals surface area (Å²) in [5.74, 6) is 3.87. The second-order valence-electron chi connectivity index (χ2n) is 7.04. The molecule has 0 amide bonds. The van der Waals surface area contributed by atoms with E-state index in [4.69, 9.17) is 0 Å². The Morgan fingerprint density at radius 1 is 0.800 bits per heavy atom. The van der Waals surface area contributed by atoms with Crippen LogP contribution in [0.5, 0.6) is 0 Å². The third kappa shape index (κ3) is 8.60. The van der Waals surface area contributed by atoms with Crippen molar-refractivity contribution in [3.63, 3.8) is 0 Å². The van der Waals surface area contributed by atoms with Crippen LogP contribution in [0.1, 0.15) is 92.4 Å². The van der Waals surface area contributed by atoms with E-state index in [0.717, 1.165) is 11.2 Å². The second kappa shape index (κ2) is 12.0. The van der Waals surface area contributed by atoms with Gasteiger partial charge in [0.25, 0.3) is 0 Å². The van der Waals surface area contributed by atoms with Gasteiger partial charge in [-0.05, 0) is 41.8 Å². The van der Waals surface area contributed by atoms with Crippen molar-refractivity contribution in [1.82, 2.24) is 0 Å². The van der Waals surface area contributed by atoms with Gasteiger partial charge in [-0.2, -0.15) is 0 Å². The van der Waals surface area contributed by atoms with Gasteiger partial charge in [0.15, 0.2) is 0 Å². The Balaban J connectivity index is 3.78. The van der Waals surface area contributed by atoms with Crippen molar-refractivity contribution in [2.24, 2.45) is 5.92 Å². The summed E-state index contributed by atoms with van der Waals surface area (Å²) in [5.41, 5.74) is 0. The Morgan fingerprint density at radius 3 is 1.85 bits per heavy atom. The minimum atomic E-state index is -0.360. The van der Waals surface area contributed by atoms with Gasteiger partial charge in [0, 0.05) is 0 Å². The molecule has 124 valence electrons. The summed E-state index contributed by atoms with van der Waals surface area (Å²) in [6.45, 7) is 12.1. The molecule has 3 atom stereocenters. The van der Waals surface area contributed by atoms with Gasteiger partial charge in [-0.25, -0.2) is 10.0 Å². The molecule has 0 rings (SSSR count). The lowest BCUT2D eigenvalue weighted by Gasteiger charge is -2.43. The molecule has 0 aromatic carbocycles. The normalized spacial score (nSPS) is 19.3. The third-order valence-corrected chi connectivity index (χ3v) is 10.1. The summed E-state index contributed by atoms with van der Waals surface area (Å²) in [4.78, 5) is 0. The van der Waals surface area contributed by atoms with E-state index in [-0.39, 0.29) is 10.0 Å². The molecule has 0 aliphatic carbocycles. The van der Waals surface area contributed by atoms with Gasteiger partial charge in [-0.15, -0.1) is 0 Å². The van der Waals surface area contributed by atoms with Gasteiger partial charge < -0.3 is 0 Å². The molecule has 0 aromatic heterocycles. The van der Waals surface area contributed by atoms with E-state index in [1.54, 1.807) is 0 Å². The minimum absolute atomic E-state index is 0.360. The molecular formula is C19H42S. The molecule has 0 saturated carbocycles. The molecule has 0 bridgehead atoms. The van der Waals surface area contributed by atoms with E-state index in [1.165, 1.54) is 69.3 Å². The molecular weight excluding hydrogens is 260 g/mol. The van der Waals surface area contributed by atoms with E-state index in [0.29, 0.717) is 0 Å². The fraction of sp³-hybridized carbons (Fsp3) is 1.00. The van der Waals surface area contributed by atoms with Gasteiger partial charge in [0.1, 0.15) is 0 Å². The molecule has 0 aliphatic rings. The molecule has 0 fully saturated rings. The molecule has 0 nitrogen and oxygen atoms in total. The van der Waals surface area contributed by atoms with Crippen molar-refractivity contribution < 1.29 is 0 Å². The van der Waals surface area contributed by atoms with Crippen LogP contribution in [0.15, 0.2) is 0 Å². The highest BCUT2D eigenvalue weighted by atomic mass is 32.3. The predicted octanol–water partition coefficient (Wildman–Crippen LogP) is 7.02. The molecule has 20 heavy (non-hydrogen) atoms. The summed E-state index contributed by atoms with van der Waals surface area (Å²) in [6, 6.07) is 0. The van der Waals surface area contributed by atoms with Gasteiger partial charge >= 0.3 is 0 Å². The molecule has 0 heterocycles. The lowest BCUT2D eigenvalue weighted by Crippen LogP contribution is -2.22. The van der Waals surface area contributed by atoms with Crippen molar-refractivity contribution in [1.29, 1.82) is 0 Å². The quantitative estimate of drug-likeness (QED) is 0.321. The highest BCUT2D eigenvalue weighted by molar-refractivity contribution is 8.33. The first kappa shape index (κ1) is 20.3. The van der Waals surface area contributed by atoms with Crippen molar-refractivity contribution in [3.05, 3.63) is 0 Å². The molecule has 0 radical (unpaired) electrons. The molecule has 0 aromatic rings. The first-order chi connectivity index (χ1) is 9.50. The van der Waals surface area contributed by atoms with E-state index >= 15 is 0 Å². The van der Waals surface area contributed by atoms with Crippen LogP contribution in [0.3, 0.4) is 0 Å². The van der Waals surface area contributed by atoms with Crippen LogP contribution in [-0.2, 0) is 0 Å². The summed E-state index contributed by atoms with van der Waals surface area (Å²) in [7, 11) is -0.360. The summed E-state index contributed by atoms with van der Waals surface area (Å²) in [6.07, 6.45) is 15.6. The maximum Gasteiger partial charge on any atom is -0.0145 e. The summed E-state index contributed by atoms with van der Waals surface area (Å²) < 4.78 is 0. The number of hydrogen-bond acceptors (Lipinski definition) is 0. The molecule has 1 heteroatoms. The third-order valence-electron chi connectivity index (χ3n) is 5.17. The first-order valence-electron chi connectivity index (χ1n) is 9.22. The van der Waals surface area contributed by atoms with Crippen molar-refractivity contribution in [2.45, 2.75) is 97.7 Å². The Bertz CT molecular complexity index is 214. The zero-order valence-electron chi connectivity index (χ0n) is 15.3. The summed E-state index contributed by atoms with van der Waals surface area (Å²) >= 11 is 0. The van der Waals surface area contributed by atoms with Gasteiger partial charge in [-0.1, -0.05) is 79.6 Å². The maximum atomic E-state index is 2.60. The van der Waals surface area contributed by atoms with Crippen LogP contribution in [-0.4, -0.2) is 23.0 Å². The summed E-state index contributed by atoms with van der Waals surface area (Å²) in [5, 5.41) is 0.948. The molecule has 0 N–H and O–H groups in total. The Hall–Kier alpha value is 0.350. The highest BCUT2D eigenvalue weighted by Gasteiger charge is 2.24. The Morgan fingerprint density at radius 2 is 1.35 bits per heavy atom. The van der Waals surface area contributed by atoms with Crippen molar-refractivity contribution in [3.8, 4) is 0 Å². The van der Waals surface area contributed by atoms with Crippen LogP contribution in [0.25, 0.3) is 0 Å². The lowest BCUT2D eigenvalue weighted by atomic mass is 10.0. The fourth-order valence-corrected chi connectivity index (χ4v) is 6.56. The second-order valence-corrected chi connectivity index (χ2v) is 11.5. The first-order valence-corrected chi connectivity index (χ1v) is 11.7. The average molecular weight is 303 g/mol. The molecule has 0 aliphatic heterocycles. The van der Waals surface area contributed by atoms with Crippen LogP contribution in [0, 0.1) is 5.92 Å². The van der Waals surface area contributed by atoms with Crippen LogP contribution < -0.4 is 0 Å². The zero-order chi connectivity index (χ0) is 15.4. The Kier molecular flexibility index (Phi) is 12.2. The number of unbranched alkanes of at least 4 members (excludes halogenated alkanes) is 6. The maximum absolute atomic E-state index is 2.60. The largest absolute Gasteiger partial charge is 0.241 e. The smallest absolute Gasteiger partial charge is 0.0145 e. The lowest BCUT2D eigenvalue weighted by molar-refractivity contribution is 0.513. The molecule has 0 saturated heterocycles. The van der Waals surface area contributed by atoms with E-state index < -0.39 is 0 Å². The molecule has 0 spiro atoms.